The second-order valence-electron chi connectivity index (χ2n) is 2.32. The third-order valence-corrected chi connectivity index (χ3v) is 1.39. The van der Waals surface area contributed by atoms with E-state index in [2.05, 4.69) is 20.1 Å². The third-order valence-electron chi connectivity index (χ3n) is 1.39. The van der Waals surface area contributed by atoms with E-state index in [0.717, 1.165) is 25.7 Å². The maximum atomic E-state index is 7.94. The normalized spacial score (nSPS) is 7.69. The average Bonchev–Trinajstić information content (AvgIpc) is 2.10. The molecular formula is C6H15N7. The fourth-order valence-corrected chi connectivity index (χ4v) is 0.808. The molecule has 74 valence electrons. The number of rotatable bonds is 7. The lowest BCUT2D eigenvalue weighted by Gasteiger charge is -1.94. The van der Waals surface area contributed by atoms with Crippen LogP contribution in [0.3, 0.4) is 0 Å². The van der Waals surface area contributed by atoms with Crippen LogP contribution in [0.4, 0.5) is 0 Å². The molecule has 13 heavy (non-hydrogen) atoms. The summed E-state index contributed by atoms with van der Waals surface area (Å²) in [5, 5.41) is 6.81. The van der Waals surface area contributed by atoms with E-state index in [1.54, 1.807) is 0 Å². The third kappa shape index (κ3) is 13.6. The molecule has 0 aromatic rings. The van der Waals surface area contributed by atoms with Crippen LogP contribution < -0.4 is 6.15 Å². The minimum Gasteiger partial charge on any atom is -0.344 e. The molecule has 0 fully saturated rings. The highest BCUT2D eigenvalue weighted by Gasteiger charge is 1.87. The van der Waals surface area contributed by atoms with Gasteiger partial charge in [-0.3, -0.25) is 0 Å². The fourth-order valence-electron chi connectivity index (χ4n) is 0.808. The molecule has 0 rings (SSSR count). The van der Waals surface area contributed by atoms with Gasteiger partial charge in [-0.15, -0.1) is 0 Å². The van der Waals surface area contributed by atoms with Crippen molar-refractivity contribution in [1.82, 2.24) is 6.15 Å². The lowest BCUT2D eigenvalue weighted by atomic mass is 10.2. The van der Waals surface area contributed by atoms with Gasteiger partial charge in [-0.2, -0.15) is 0 Å². The minimum absolute atomic E-state index is 0. The summed E-state index contributed by atoms with van der Waals surface area (Å²) in [4.78, 5) is 5.28. The topological polar surface area (TPSA) is 133 Å². The zero-order valence-electron chi connectivity index (χ0n) is 7.63. The largest absolute Gasteiger partial charge is 0.344 e. The SMILES string of the molecule is N.[N-]=[N+]=NCCCCCCN=[N+]=[N-]. The Kier molecular flexibility index (Phi) is 14.3. The van der Waals surface area contributed by atoms with Gasteiger partial charge in [0.1, 0.15) is 0 Å². The number of hydrogen-bond donors (Lipinski definition) is 1. The average molecular weight is 185 g/mol. The Hall–Kier alpha value is -1.42. The molecule has 0 aliphatic heterocycles. The van der Waals surface area contributed by atoms with Gasteiger partial charge in [0, 0.05) is 22.9 Å². The second-order valence-corrected chi connectivity index (χ2v) is 2.32. The molecule has 0 unspecified atom stereocenters. The van der Waals surface area contributed by atoms with Crippen LogP contribution in [-0.4, -0.2) is 13.1 Å². The molecule has 0 heterocycles. The molecular weight excluding hydrogens is 170 g/mol. The Balaban J connectivity index is 0. The highest BCUT2D eigenvalue weighted by molar-refractivity contribution is 4.51. The predicted molar refractivity (Wildman–Crippen MR) is 51.5 cm³/mol. The molecule has 7 heteroatoms. The summed E-state index contributed by atoms with van der Waals surface area (Å²) in [5.41, 5.74) is 15.9. The monoisotopic (exact) mass is 185 g/mol. The van der Waals surface area contributed by atoms with Crippen LogP contribution in [0.2, 0.25) is 0 Å². The van der Waals surface area contributed by atoms with Gasteiger partial charge in [-0.1, -0.05) is 23.1 Å². The molecule has 0 atom stereocenters. The van der Waals surface area contributed by atoms with Crippen LogP contribution >= 0.6 is 0 Å². The highest BCUT2D eigenvalue weighted by Crippen LogP contribution is 2.00. The molecule has 0 saturated carbocycles. The van der Waals surface area contributed by atoms with E-state index in [4.69, 9.17) is 11.1 Å². The Bertz CT molecular complexity index is 167. The van der Waals surface area contributed by atoms with Gasteiger partial charge in [-0.25, -0.2) is 0 Å². The number of nitrogens with zero attached hydrogens (tertiary/aromatic N) is 6. The first-order valence-electron chi connectivity index (χ1n) is 3.93. The van der Waals surface area contributed by atoms with Crippen LogP contribution in [0, 0.1) is 0 Å². The Labute approximate surface area is 77.0 Å². The molecule has 0 saturated heterocycles. The molecule has 0 aromatic heterocycles. The summed E-state index contributed by atoms with van der Waals surface area (Å²) >= 11 is 0. The van der Waals surface area contributed by atoms with Crippen molar-refractivity contribution >= 4 is 0 Å². The van der Waals surface area contributed by atoms with Crippen LogP contribution in [0.25, 0.3) is 20.9 Å². The smallest absolute Gasteiger partial charge is 0.0257 e. The zero-order valence-corrected chi connectivity index (χ0v) is 7.63. The zero-order chi connectivity index (χ0) is 9.07. The Morgan fingerprint density at radius 1 is 0.769 bits per heavy atom. The first-order chi connectivity index (χ1) is 5.91. The van der Waals surface area contributed by atoms with E-state index in [-0.39, 0.29) is 6.15 Å². The van der Waals surface area contributed by atoms with E-state index >= 15 is 0 Å². The quantitative estimate of drug-likeness (QED) is 0.277. The molecule has 0 aromatic carbocycles. The van der Waals surface area contributed by atoms with E-state index in [1.807, 2.05) is 0 Å². The second kappa shape index (κ2) is 13.2. The van der Waals surface area contributed by atoms with E-state index in [1.165, 1.54) is 0 Å². The molecule has 0 bridgehead atoms. The lowest BCUT2D eigenvalue weighted by molar-refractivity contribution is 0.651. The fraction of sp³-hybridized carbons (Fsp3) is 1.00. The van der Waals surface area contributed by atoms with Gasteiger partial charge >= 0.3 is 0 Å². The van der Waals surface area contributed by atoms with Crippen molar-refractivity contribution in [2.45, 2.75) is 25.7 Å². The van der Waals surface area contributed by atoms with Crippen LogP contribution in [0.1, 0.15) is 25.7 Å². The first kappa shape index (κ1) is 14.1. The summed E-state index contributed by atoms with van der Waals surface area (Å²) in [6.07, 6.45) is 3.89. The van der Waals surface area contributed by atoms with Crippen molar-refractivity contribution in [3.05, 3.63) is 20.9 Å². The number of azide groups is 2. The summed E-state index contributed by atoms with van der Waals surface area (Å²) in [7, 11) is 0. The highest BCUT2D eigenvalue weighted by atomic mass is 15.1. The predicted octanol–water partition coefficient (Wildman–Crippen LogP) is 3.33. The first-order valence-corrected chi connectivity index (χ1v) is 3.93. The molecule has 0 amide bonds. The molecule has 0 aliphatic rings. The van der Waals surface area contributed by atoms with Crippen molar-refractivity contribution in [2.24, 2.45) is 10.2 Å². The van der Waals surface area contributed by atoms with Crippen LogP contribution in [0.5, 0.6) is 0 Å². The molecule has 3 N–H and O–H groups in total. The molecule has 0 spiro atoms. The summed E-state index contributed by atoms with van der Waals surface area (Å²) in [5.74, 6) is 0. The van der Waals surface area contributed by atoms with E-state index in [9.17, 15) is 0 Å². The van der Waals surface area contributed by atoms with Crippen molar-refractivity contribution in [2.75, 3.05) is 13.1 Å². The van der Waals surface area contributed by atoms with Gasteiger partial charge < -0.3 is 6.15 Å². The van der Waals surface area contributed by atoms with Gasteiger partial charge in [0.2, 0.25) is 0 Å². The van der Waals surface area contributed by atoms with Gasteiger partial charge in [0.15, 0.2) is 0 Å². The lowest BCUT2D eigenvalue weighted by Crippen LogP contribution is -1.83. The Morgan fingerprint density at radius 2 is 1.15 bits per heavy atom. The van der Waals surface area contributed by atoms with Crippen LogP contribution in [-0.2, 0) is 0 Å². The van der Waals surface area contributed by atoms with Gasteiger partial charge in [-0.05, 0) is 23.9 Å². The van der Waals surface area contributed by atoms with Crippen molar-refractivity contribution in [3.63, 3.8) is 0 Å². The van der Waals surface area contributed by atoms with Crippen molar-refractivity contribution in [3.8, 4) is 0 Å². The van der Waals surface area contributed by atoms with Crippen molar-refractivity contribution < 1.29 is 0 Å². The van der Waals surface area contributed by atoms with Gasteiger partial charge in [0.25, 0.3) is 0 Å². The van der Waals surface area contributed by atoms with E-state index in [0.29, 0.717) is 13.1 Å². The van der Waals surface area contributed by atoms with Crippen molar-refractivity contribution in [1.29, 1.82) is 0 Å². The number of unbranched alkanes of at least 4 members (excludes halogenated alkanes) is 3. The summed E-state index contributed by atoms with van der Waals surface area (Å²) in [6, 6.07) is 0. The van der Waals surface area contributed by atoms with Crippen LogP contribution in [0.15, 0.2) is 10.2 Å². The maximum absolute atomic E-state index is 7.94. The Morgan fingerprint density at radius 3 is 1.46 bits per heavy atom. The van der Waals surface area contributed by atoms with Gasteiger partial charge in [0.05, 0.1) is 0 Å². The molecule has 0 aliphatic carbocycles. The minimum atomic E-state index is 0. The summed E-state index contributed by atoms with van der Waals surface area (Å²) in [6.45, 7) is 1.13. The molecule has 7 nitrogen and oxygen atoms in total. The standard InChI is InChI=1S/C6H12N6.H3N/c7-11-9-5-3-1-2-4-6-10-12-8;/h1-6H2;1H3. The summed E-state index contributed by atoms with van der Waals surface area (Å²) < 4.78 is 0. The van der Waals surface area contributed by atoms with E-state index < -0.39 is 0 Å². The maximum Gasteiger partial charge on any atom is 0.0257 e. The number of hydrogen-bond acceptors (Lipinski definition) is 3. The molecule has 0 radical (unpaired) electrons.